The summed E-state index contributed by atoms with van der Waals surface area (Å²) in [4.78, 5) is 29.2. The predicted octanol–water partition coefficient (Wildman–Crippen LogP) is 2.89. The monoisotopic (exact) mass is 527 g/mol. The van der Waals surface area contributed by atoms with E-state index in [1.807, 2.05) is 6.07 Å². The molecule has 3 aromatic rings. The Labute approximate surface area is 217 Å². The maximum Gasteiger partial charge on any atom is 0.326 e. The van der Waals surface area contributed by atoms with Crippen molar-refractivity contribution in [1.29, 1.82) is 0 Å². The Balaban J connectivity index is 1.26. The summed E-state index contributed by atoms with van der Waals surface area (Å²) in [6, 6.07) is 6.31. The number of aliphatic carboxylic acids is 1. The van der Waals surface area contributed by atoms with E-state index in [0.29, 0.717) is 61.1 Å². The van der Waals surface area contributed by atoms with E-state index in [1.165, 1.54) is 12.5 Å². The van der Waals surface area contributed by atoms with Crippen molar-refractivity contribution in [3.8, 4) is 17.3 Å². The van der Waals surface area contributed by atoms with Crippen LogP contribution >= 0.6 is 11.6 Å². The Morgan fingerprint density at radius 1 is 1.24 bits per heavy atom. The molecular formula is C25H26ClN5O6. The van der Waals surface area contributed by atoms with Gasteiger partial charge in [0.25, 0.3) is 0 Å². The summed E-state index contributed by atoms with van der Waals surface area (Å²) >= 11 is 6.34. The lowest BCUT2D eigenvalue weighted by molar-refractivity contribution is -0.228. The Morgan fingerprint density at radius 3 is 2.84 bits per heavy atom. The molecule has 0 bridgehead atoms. The molecule has 0 unspecified atom stereocenters. The molecule has 3 fully saturated rings. The van der Waals surface area contributed by atoms with Crippen LogP contribution in [-0.4, -0.2) is 82.7 Å². The highest BCUT2D eigenvalue weighted by molar-refractivity contribution is 6.30. The number of carboxylic acid groups (broad SMARTS) is 1. The zero-order valence-electron chi connectivity index (χ0n) is 20.1. The van der Waals surface area contributed by atoms with Gasteiger partial charge in [0.1, 0.15) is 41.3 Å². The molecule has 1 N–H and O–H groups in total. The Kier molecular flexibility index (Phi) is 6.13. The number of carboxylic acids is 1. The van der Waals surface area contributed by atoms with Crippen molar-refractivity contribution >= 4 is 29.1 Å². The second kappa shape index (κ2) is 9.47. The molecule has 3 aromatic heterocycles. The first-order valence-corrected chi connectivity index (χ1v) is 12.5. The molecule has 0 radical (unpaired) electrons. The second-order valence-electron chi connectivity index (χ2n) is 9.47. The molecule has 0 amide bonds. The molecular weight excluding hydrogens is 502 g/mol. The maximum absolute atomic E-state index is 12.2. The number of hydrogen-bond acceptors (Lipinski definition) is 10. The minimum Gasteiger partial charge on any atom is -0.480 e. The summed E-state index contributed by atoms with van der Waals surface area (Å²) in [6.07, 6.45) is 4.32. The van der Waals surface area contributed by atoms with Crippen LogP contribution in [0.25, 0.3) is 11.5 Å². The quantitative estimate of drug-likeness (QED) is 0.509. The first-order chi connectivity index (χ1) is 17.9. The minimum atomic E-state index is -0.956. The average molecular weight is 528 g/mol. The topological polar surface area (TPSA) is 123 Å². The first-order valence-electron chi connectivity index (χ1n) is 12.1. The van der Waals surface area contributed by atoms with Gasteiger partial charge in [0, 0.05) is 25.2 Å². The first kappa shape index (κ1) is 24.0. The maximum atomic E-state index is 12.2. The van der Waals surface area contributed by atoms with E-state index < -0.39 is 18.1 Å². The molecule has 3 atom stereocenters. The number of anilines is 2. The van der Waals surface area contributed by atoms with Crippen LogP contribution in [0.15, 0.2) is 47.5 Å². The third-order valence-electron chi connectivity index (χ3n) is 7.30. The number of halogens is 1. The van der Waals surface area contributed by atoms with Crippen molar-refractivity contribution in [1.82, 2.24) is 15.0 Å². The van der Waals surface area contributed by atoms with Crippen molar-refractivity contribution in [2.24, 2.45) is 0 Å². The molecule has 6 rings (SSSR count). The van der Waals surface area contributed by atoms with Gasteiger partial charge in [-0.05, 0) is 25.1 Å². The van der Waals surface area contributed by atoms with Gasteiger partial charge in [0.15, 0.2) is 5.76 Å². The van der Waals surface area contributed by atoms with Crippen LogP contribution in [0.2, 0.25) is 5.02 Å². The fraction of sp³-hybridized carbons (Fsp3) is 0.440. The highest BCUT2D eigenvalue weighted by Gasteiger charge is 2.50. The van der Waals surface area contributed by atoms with Crippen molar-refractivity contribution in [3.63, 3.8) is 0 Å². The molecule has 37 heavy (non-hydrogen) atoms. The third kappa shape index (κ3) is 4.36. The summed E-state index contributed by atoms with van der Waals surface area (Å²) in [7, 11) is 0. The number of ether oxygens (including phenoxy) is 3. The van der Waals surface area contributed by atoms with E-state index in [2.05, 4.69) is 26.8 Å². The molecule has 0 aromatic carbocycles. The molecule has 194 valence electrons. The molecule has 6 heterocycles. The van der Waals surface area contributed by atoms with Gasteiger partial charge in [-0.15, -0.1) is 0 Å². The van der Waals surface area contributed by atoms with Crippen molar-refractivity contribution < 1.29 is 28.5 Å². The number of rotatable bonds is 6. The molecule has 12 heteroatoms. The van der Waals surface area contributed by atoms with Gasteiger partial charge in [-0.2, -0.15) is 0 Å². The minimum absolute atomic E-state index is 0.0190. The van der Waals surface area contributed by atoms with E-state index in [-0.39, 0.29) is 18.1 Å². The van der Waals surface area contributed by atoms with Gasteiger partial charge in [0.2, 0.25) is 5.88 Å². The molecule has 0 saturated carbocycles. The van der Waals surface area contributed by atoms with Gasteiger partial charge < -0.3 is 33.5 Å². The highest BCUT2D eigenvalue weighted by Crippen LogP contribution is 2.40. The molecule has 1 spiro atoms. The largest absolute Gasteiger partial charge is 0.480 e. The Bertz CT molecular complexity index is 1290. The number of aromatic nitrogens is 3. The van der Waals surface area contributed by atoms with E-state index in [0.717, 1.165) is 5.69 Å². The van der Waals surface area contributed by atoms with Crippen molar-refractivity contribution in [3.05, 3.63) is 48.1 Å². The van der Waals surface area contributed by atoms with E-state index in [9.17, 15) is 9.90 Å². The van der Waals surface area contributed by atoms with Crippen LogP contribution in [0.3, 0.4) is 0 Å². The Hall–Kier alpha value is -3.41. The van der Waals surface area contributed by atoms with Crippen LogP contribution in [-0.2, 0) is 14.3 Å². The van der Waals surface area contributed by atoms with Gasteiger partial charge in [-0.3, -0.25) is 0 Å². The zero-order chi connectivity index (χ0) is 25.6. The lowest BCUT2D eigenvalue weighted by Crippen LogP contribution is -2.68. The molecule has 11 nitrogen and oxygen atoms in total. The fourth-order valence-electron chi connectivity index (χ4n) is 5.21. The van der Waals surface area contributed by atoms with Gasteiger partial charge >= 0.3 is 5.97 Å². The summed E-state index contributed by atoms with van der Waals surface area (Å²) in [5, 5.41) is 10.5. The van der Waals surface area contributed by atoms with Crippen LogP contribution in [0.1, 0.15) is 13.3 Å². The van der Waals surface area contributed by atoms with Crippen LogP contribution in [0, 0.1) is 0 Å². The number of hydrogen-bond donors (Lipinski definition) is 1. The molecule has 3 aliphatic heterocycles. The number of nitrogens with zero attached hydrogens (tertiary/aromatic N) is 5. The fourth-order valence-corrected chi connectivity index (χ4v) is 5.36. The summed E-state index contributed by atoms with van der Waals surface area (Å²) < 4.78 is 23.3. The highest BCUT2D eigenvalue weighted by atomic mass is 35.5. The zero-order valence-corrected chi connectivity index (χ0v) is 20.9. The van der Waals surface area contributed by atoms with Crippen LogP contribution in [0.5, 0.6) is 5.88 Å². The summed E-state index contributed by atoms with van der Waals surface area (Å²) in [5.41, 5.74) is 0.956. The number of morpholine rings is 1. The van der Waals surface area contributed by atoms with Crippen LogP contribution in [0.4, 0.5) is 11.5 Å². The van der Waals surface area contributed by atoms with Gasteiger partial charge in [-0.25, -0.2) is 19.7 Å². The van der Waals surface area contributed by atoms with Gasteiger partial charge in [-0.1, -0.05) is 11.6 Å². The number of carbonyl (C=O) groups is 1. The summed E-state index contributed by atoms with van der Waals surface area (Å²) in [5.74, 6) is 0.510. The lowest BCUT2D eigenvalue weighted by Gasteiger charge is -2.53. The normalized spacial score (nSPS) is 24.8. The third-order valence-corrected chi connectivity index (χ3v) is 7.50. The molecule has 3 saturated heterocycles. The standard InChI is InChI=1S/C25H26ClN5O6/c1-15-25(12-34-13-25)36-6-4-30(15)19-7-16(26)10-27-23(19)37-17-8-20(24(32)33)31(11-17)22-9-18(28-14-29-22)21-3-2-5-35-21/h2-3,5,7,9-10,14-15,17,20H,4,6,8,11-13H2,1H3,(H,32,33)/t15-,17-,20-/m0/s1. The van der Waals surface area contributed by atoms with E-state index in [4.69, 9.17) is 30.2 Å². The SMILES string of the molecule is C[C@@H]1N(c2cc(Cl)cnc2O[C@H]2C[C@@H](C(=O)O)N(c3cc(-c4ccco4)ncn3)C2)CCOC12COC2. The van der Waals surface area contributed by atoms with Gasteiger partial charge in [0.05, 0.1) is 43.7 Å². The second-order valence-corrected chi connectivity index (χ2v) is 9.91. The molecule has 3 aliphatic rings. The van der Waals surface area contributed by atoms with Crippen molar-refractivity contribution in [2.75, 3.05) is 42.7 Å². The summed E-state index contributed by atoms with van der Waals surface area (Å²) in [6.45, 7) is 4.66. The molecule has 0 aliphatic carbocycles. The Morgan fingerprint density at radius 2 is 2.11 bits per heavy atom. The van der Waals surface area contributed by atoms with E-state index in [1.54, 1.807) is 29.4 Å². The number of pyridine rings is 1. The predicted molar refractivity (Wildman–Crippen MR) is 133 cm³/mol. The smallest absolute Gasteiger partial charge is 0.326 e. The number of furan rings is 1. The average Bonchev–Trinajstić information content (AvgIpc) is 3.55. The van der Waals surface area contributed by atoms with E-state index >= 15 is 0 Å². The lowest BCUT2D eigenvalue weighted by atomic mass is 9.90. The van der Waals surface area contributed by atoms with Crippen molar-refractivity contribution in [2.45, 2.75) is 37.1 Å². The van der Waals surface area contributed by atoms with Crippen LogP contribution < -0.4 is 14.5 Å².